The van der Waals surface area contributed by atoms with Crippen LogP contribution in [0.15, 0.2) is 54.7 Å². The molecule has 160 valence electrons. The van der Waals surface area contributed by atoms with Crippen LogP contribution in [0.1, 0.15) is 18.4 Å². The molecule has 3 aromatic rings. The minimum Gasteiger partial charge on any atom is -0.339 e. The van der Waals surface area contributed by atoms with Crippen molar-refractivity contribution in [1.29, 1.82) is 0 Å². The van der Waals surface area contributed by atoms with Gasteiger partial charge in [0.15, 0.2) is 0 Å². The fourth-order valence-electron chi connectivity index (χ4n) is 4.14. The van der Waals surface area contributed by atoms with Gasteiger partial charge in [-0.2, -0.15) is 15.0 Å². The maximum Gasteiger partial charge on any atom is 0.242 e. The molecule has 1 amide bonds. The molecule has 1 aliphatic heterocycles. The molecule has 7 nitrogen and oxygen atoms in total. The van der Waals surface area contributed by atoms with Gasteiger partial charge in [0.05, 0.1) is 11.7 Å². The summed E-state index contributed by atoms with van der Waals surface area (Å²) in [5.74, 6) is 0.141. The fraction of sp³-hybridized carbons (Fsp3) is 0.375. The van der Waals surface area contributed by atoms with Crippen LogP contribution in [0.2, 0.25) is 0 Å². The number of rotatable bonds is 5. The predicted octanol–water partition coefficient (Wildman–Crippen LogP) is 2.28. The molecule has 0 radical (unpaired) electrons. The van der Waals surface area contributed by atoms with E-state index in [1.807, 2.05) is 11.9 Å². The van der Waals surface area contributed by atoms with E-state index in [9.17, 15) is 4.79 Å². The summed E-state index contributed by atoms with van der Waals surface area (Å²) < 4.78 is 0. The molecule has 1 aromatic heterocycles. The van der Waals surface area contributed by atoms with Gasteiger partial charge in [0.25, 0.3) is 0 Å². The smallest absolute Gasteiger partial charge is 0.242 e. The Morgan fingerprint density at radius 3 is 2.06 bits per heavy atom. The summed E-state index contributed by atoms with van der Waals surface area (Å²) in [6.07, 6.45) is 3.45. The van der Waals surface area contributed by atoms with Crippen LogP contribution in [0, 0.1) is 0 Å². The van der Waals surface area contributed by atoms with Crippen LogP contribution >= 0.6 is 0 Å². The summed E-state index contributed by atoms with van der Waals surface area (Å²) in [6, 6.07) is 17.2. The Morgan fingerprint density at radius 1 is 0.935 bits per heavy atom. The number of aryl methyl sites for hydroxylation is 1. The molecule has 7 heteroatoms. The average Bonchev–Trinajstić information content (AvgIpc) is 3.41. The Labute approximate surface area is 182 Å². The van der Waals surface area contributed by atoms with Crippen LogP contribution in [0.5, 0.6) is 0 Å². The lowest BCUT2D eigenvalue weighted by molar-refractivity contribution is -0.135. The first-order valence-electron chi connectivity index (χ1n) is 10.9. The third-order valence-electron chi connectivity index (χ3n) is 6.35. The second-order valence-electron chi connectivity index (χ2n) is 8.72. The van der Waals surface area contributed by atoms with Crippen LogP contribution in [-0.4, -0.2) is 62.4 Å². The van der Waals surface area contributed by atoms with Crippen LogP contribution in [0.3, 0.4) is 0 Å². The Hall–Kier alpha value is -3.03. The van der Waals surface area contributed by atoms with Crippen LogP contribution in [0.25, 0.3) is 22.4 Å². The molecule has 1 saturated carbocycles. The molecule has 2 aliphatic rings. The first kappa shape index (κ1) is 19.9. The normalized spacial score (nSPS) is 18.2. The lowest BCUT2D eigenvalue weighted by Crippen LogP contribution is -2.53. The predicted molar refractivity (Wildman–Crippen MR) is 120 cm³/mol. The van der Waals surface area contributed by atoms with Crippen molar-refractivity contribution < 1.29 is 4.79 Å². The van der Waals surface area contributed by atoms with Gasteiger partial charge in [-0.1, -0.05) is 48.5 Å². The zero-order valence-electron chi connectivity index (χ0n) is 17.9. The molecule has 31 heavy (non-hydrogen) atoms. The Bertz CT molecular complexity index is 1060. The second-order valence-corrected chi connectivity index (χ2v) is 8.72. The van der Waals surface area contributed by atoms with Gasteiger partial charge in [-0.25, -0.2) is 0 Å². The lowest BCUT2D eigenvalue weighted by Gasteiger charge is -2.36. The number of hydrogen-bond acceptors (Lipinski definition) is 5. The third-order valence-corrected chi connectivity index (χ3v) is 6.35. The van der Waals surface area contributed by atoms with E-state index in [1.165, 1.54) is 16.7 Å². The highest BCUT2D eigenvalue weighted by atomic mass is 16.2. The number of nitrogens with two attached hydrogens (primary N) is 1. The average molecular weight is 417 g/mol. The summed E-state index contributed by atoms with van der Waals surface area (Å²) in [4.78, 5) is 18.3. The zero-order chi connectivity index (χ0) is 21.4. The van der Waals surface area contributed by atoms with Crippen molar-refractivity contribution in [3.8, 4) is 22.4 Å². The third kappa shape index (κ3) is 4.24. The van der Waals surface area contributed by atoms with Crippen molar-refractivity contribution in [1.82, 2.24) is 24.8 Å². The molecule has 0 bridgehead atoms. The quantitative estimate of drug-likeness (QED) is 0.690. The molecule has 1 aliphatic carbocycles. The molecule has 1 saturated heterocycles. The Morgan fingerprint density at radius 2 is 1.52 bits per heavy atom. The van der Waals surface area contributed by atoms with E-state index in [-0.39, 0.29) is 5.91 Å². The van der Waals surface area contributed by atoms with Gasteiger partial charge >= 0.3 is 0 Å². The number of carbonyl (C=O) groups is 1. The van der Waals surface area contributed by atoms with Gasteiger partial charge in [0, 0.05) is 45.3 Å². The van der Waals surface area contributed by atoms with Gasteiger partial charge in [-0.05, 0) is 29.5 Å². The van der Waals surface area contributed by atoms with Crippen LogP contribution < -0.4 is 5.73 Å². The molecule has 2 aromatic carbocycles. The summed E-state index contributed by atoms with van der Waals surface area (Å²) in [5.41, 5.74) is 11.1. The topological polar surface area (TPSA) is 80.3 Å². The van der Waals surface area contributed by atoms with Crippen molar-refractivity contribution in [2.75, 3.05) is 26.2 Å². The molecule has 2 N–H and O–H groups in total. The number of aromatic nitrogens is 3. The largest absolute Gasteiger partial charge is 0.339 e. The minimum absolute atomic E-state index is 0.141. The molecule has 0 unspecified atom stereocenters. The number of amides is 1. The van der Waals surface area contributed by atoms with Gasteiger partial charge < -0.3 is 10.6 Å². The standard InChI is InChI=1S/C24H28N6O/c1-28-26-16-22(27-28)21-8-6-20(7-9-21)19-4-2-18(3-5-19)17-29-12-14-30(15-13-29)23(31)24(25)10-11-24/h2-9,16H,10-15,17,25H2,1H3. The molecule has 0 atom stereocenters. The van der Waals surface area contributed by atoms with Crippen molar-refractivity contribution in [2.24, 2.45) is 12.8 Å². The summed E-state index contributed by atoms with van der Waals surface area (Å²) >= 11 is 0. The van der Waals surface area contributed by atoms with Gasteiger partial charge in [-0.3, -0.25) is 9.69 Å². The van der Waals surface area contributed by atoms with Gasteiger partial charge in [-0.15, -0.1) is 0 Å². The molecular weight excluding hydrogens is 388 g/mol. The first-order valence-corrected chi connectivity index (χ1v) is 10.9. The second kappa shape index (κ2) is 7.90. The van der Waals surface area contributed by atoms with Crippen molar-refractivity contribution in [3.63, 3.8) is 0 Å². The number of hydrogen-bond donors (Lipinski definition) is 1. The highest BCUT2D eigenvalue weighted by Gasteiger charge is 2.48. The summed E-state index contributed by atoms with van der Waals surface area (Å²) in [6.45, 7) is 4.24. The molecule has 0 spiro atoms. The molecule has 2 fully saturated rings. The minimum atomic E-state index is -0.551. The highest BCUT2D eigenvalue weighted by molar-refractivity contribution is 5.89. The van der Waals surface area contributed by atoms with Crippen molar-refractivity contribution >= 4 is 5.91 Å². The van der Waals surface area contributed by atoms with Gasteiger partial charge in [0.2, 0.25) is 5.91 Å². The highest BCUT2D eigenvalue weighted by Crippen LogP contribution is 2.34. The fourth-order valence-corrected chi connectivity index (χ4v) is 4.14. The number of nitrogens with zero attached hydrogens (tertiary/aromatic N) is 5. The molecule has 2 heterocycles. The van der Waals surface area contributed by atoms with Crippen molar-refractivity contribution in [2.45, 2.75) is 24.9 Å². The summed E-state index contributed by atoms with van der Waals surface area (Å²) in [5, 5.41) is 8.49. The number of piperazine rings is 1. The van der Waals surface area contributed by atoms with Crippen LogP contribution in [-0.2, 0) is 18.4 Å². The monoisotopic (exact) mass is 416 g/mol. The lowest BCUT2D eigenvalue weighted by atomic mass is 10.0. The SMILES string of the molecule is Cn1ncc(-c2ccc(-c3ccc(CN4CCN(C(=O)C5(N)CC5)CC4)cc3)cc2)n1. The maximum absolute atomic E-state index is 12.4. The molecule has 5 rings (SSSR count). The Kier molecular flexibility index (Phi) is 5.08. The number of benzene rings is 2. The van der Waals surface area contributed by atoms with Crippen molar-refractivity contribution in [3.05, 3.63) is 60.3 Å². The zero-order valence-corrected chi connectivity index (χ0v) is 17.9. The van der Waals surface area contributed by atoms with E-state index in [4.69, 9.17) is 5.73 Å². The van der Waals surface area contributed by atoms with E-state index in [0.29, 0.717) is 0 Å². The van der Waals surface area contributed by atoms with E-state index in [0.717, 1.165) is 56.8 Å². The summed E-state index contributed by atoms with van der Waals surface area (Å²) in [7, 11) is 1.82. The number of carbonyl (C=O) groups excluding carboxylic acids is 1. The Balaban J connectivity index is 1.17. The van der Waals surface area contributed by atoms with E-state index >= 15 is 0 Å². The van der Waals surface area contributed by atoms with E-state index in [1.54, 1.807) is 11.0 Å². The maximum atomic E-state index is 12.4. The van der Waals surface area contributed by atoms with Gasteiger partial charge in [0.1, 0.15) is 5.69 Å². The van der Waals surface area contributed by atoms with E-state index in [2.05, 4.69) is 63.6 Å². The molecular formula is C24H28N6O. The van der Waals surface area contributed by atoms with Crippen LogP contribution in [0.4, 0.5) is 0 Å². The first-order chi connectivity index (χ1) is 15.0. The van der Waals surface area contributed by atoms with E-state index < -0.39 is 5.54 Å².